The molecule has 90 valence electrons. The molecule has 16 heavy (non-hydrogen) atoms. The molecule has 0 aliphatic heterocycles. The molecule has 1 aromatic carbocycles. The Bertz CT molecular complexity index is 328. The number of nitrogens with one attached hydrogen (secondary N) is 1. The molecule has 1 aromatic rings. The van der Waals surface area contributed by atoms with Crippen molar-refractivity contribution in [3.05, 3.63) is 34.9 Å². The van der Waals surface area contributed by atoms with Crippen LogP contribution in [0.5, 0.6) is 0 Å². The minimum atomic E-state index is 0.458. The average Bonchev–Trinajstić information content (AvgIpc) is 2.16. The molecule has 0 bridgehead atoms. The predicted molar refractivity (Wildman–Crippen MR) is 71.8 cm³/mol. The first-order valence-electron chi connectivity index (χ1n) is 6.31. The first kappa shape index (κ1) is 13.2. The zero-order valence-corrected chi connectivity index (χ0v) is 11.3. The van der Waals surface area contributed by atoms with Gasteiger partial charge < -0.3 is 5.32 Å². The Morgan fingerprint density at radius 2 is 1.81 bits per heavy atom. The van der Waals surface area contributed by atoms with Crippen LogP contribution < -0.4 is 5.32 Å². The molecule has 1 nitrogen and oxygen atoms in total. The highest BCUT2D eigenvalue weighted by atomic mass is 14.9. The van der Waals surface area contributed by atoms with Crippen molar-refractivity contribution in [1.82, 2.24) is 5.32 Å². The molecular formula is C15H25N. The summed E-state index contributed by atoms with van der Waals surface area (Å²) in [6.07, 6.45) is 1.25. The van der Waals surface area contributed by atoms with E-state index >= 15 is 0 Å². The lowest BCUT2D eigenvalue weighted by atomic mass is 10.00. The molecule has 0 aliphatic carbocycles. The largest absolute Gasteiger partial charge is 0.310 e. The van der Waals surface area contributed by atoms with Crippen LogP contribution >= 0.6 is 0 Å². The summed E-state index contributed by atoms with van der Waals surface area (Å²) in [6, 6.07) is 7.16. The summed E-state index contributed by atoms with van der Waals surface area (Å²) in [5.41, 5.74) is 4.16. The zero-order valence-electron chi connectivity index (χ0n) is 11.3. The lowest BCUT2D eigenvalue weighted by Crippen LogP contribution is -2.21. The Balaban J connectivity index is 2.55. The molecule has 1 rings (SSSR count). The van der Waals surface area contributed by atoms with Crippen LogP contribution in [0.1, 0.15) is 49.9 Å². The van der Waals surface area contributed by atoms with E-state index in [-0.39, 0.29) is 0 Å². The van der Waals surface area contributed by atoms with E-state index in [4.69, 9.17) is 0 Å². The summed E-state index contributed by atoms with van der Waals surface area (Å²) in [5, 5.41) is 3.59. The maximum Gasteiger partial charge on any atom is 0.0294 e. The van der Waals surface area contributed by atoms with E-state index in [0.717, 1.165) is 12.5 Å². The molecule has 1 N–H and O–H groups in total. The molecule has 0 saturated carbocycles. The smallest absolute Gasteiger partial charge is 0.0294 e. The number of hydrogen-bond donors (Lipinski definition) is 1. The van der Waals surface area contributed by atoms with Gasteiger partial charge in [0, 0.05) is 6.04 Å². The normalized spacial score (nSPS) is 13.1. The van der Waals surface area contributed by atoms with E-state index in [1.165, 1.54) is 23.1 Å². The van der Waals surface area contributed by atoms with Crippen LogP contribution in [0.3, 0.4) is 0 Å². The number of rotatable bonds is 5. The SMILES string of the molecule is Cc1ccc(C(C)NCCC(C)C)c(C)c1. The molecule has 0 amide bonds. The third-order valence-electron chi connectivity index (χ3n) is 3.06. The highest BCUT2D eigenvalue weighted by molar-refractivity contribution is 5.32. The third kappa shape index (κ3) is 3.97. The lowest BCUT2D eigenvalue weighted by Gasteiger charge is -2.17. The van der Waals surface area contributed by atoms with Gasteiger partial charge in [-0.1, -0.05) is 37.6 Å². The quantitative estimate of drug-likeness (QED) is 0.789. The van der Waals surface area contributed by atoms with Crippen molar-refractivity contribution in [3.8, 4) is 0 Å². The predicted octanol–water partition coefficient (Wildman–Crippen LogP) is 4.00. The fourth-order valence-electron chi connectivity index (χ4n) is 2.01. The fraction of sp³-hybridized carbons (Fsp3) is 0.600. The second-order valence-electron chi connectivity index (χ2n) is 5.22. The summed E-state index contributed by atoms with van der Waals surface area (Å²) < 4.78 is 0. The standard InChI is InChI=1S/C15H25N/c1-11(2)8-9-16-14(5)15-7-6-12(3)10-13(15)4/h6-7,10-11,14,16H,8-9H2,1-5H3. The maximum absolute atomic E-state index is 3.59. The molecule has 1 unspecified atom stereocenters. The minimum absolute atomic E-state index is 0.458. The zero-order chi connectivity index (χ0) is 12.1. The van der Waals surface area contributed by atoms with Crippen molar-refractivity contribution in [2.45, 2.75) is 47.1 Å². The Hall–Kier alpha value is -0.820. The van der Waals surface area contributed by atoms with Crippen LogP contribution in [0.15, 0.2) is 18.2 Å². The van der Waals surface area contributed by atoms with Gasteiger partial charge in [0.15, 0.2) is 0 Å². The molecule has 0 aromatic heterocycles. The minimum Gasteiger partial charge on any atom is -0.310 e. The van der Waals surface area contributed by atoms with Crippen molar-refractivity contribution < 1.29 is 0 Å². The second kappa shape index (κ2) is 6.05. The van der Waals surface area contributed by atoms with E-state index in [1.54, 1.807) is 0 Å². The average molecular weight is 219 g/mol. The van der Waals surface area contributed by atoms with Gasteiger partial charge in [-0.25, -0.2) is 0 Å². The van der Waals surface area contributed by atoms with Gasteiger partial charge in [-0.05, 0) is 50.8 Å². The summed E-state index contributed by atoms with van der Waals surface area (Å²) in [7, 11) is 0. The van der Waals surface area contributed by atoms with Gasteiger partial charge in [0.25, 0.3) is 0 Å². The van der Waals surface area contributed by atoms with E-state index < -0.39 is 0 Å². The highest BCUT2D eigenvalue weighted by Gasteiger charge is 2.07. The van der Waals surface area contributed by atoms with E-state index in [9.17, 15) is 0 Å². The van der Waals surface area contributed by atoms with Crippen LogP contribution in [0.2, 0.25) is 0 Å². The highest BCUT2D eigenvalue weighted by Crippen LogP contribution is 2.18. The number of hydrogen-bond acceptors (Lipinski definition) is 1. The van der Waals surface area contributed by atoms with Crippen LogP contribution in [0, 0.1) is 19.8 Å². The fourth-order valence-corrected chi connectivity index (χ4v) is 2.01. The van der Waals surface area contributed by atoms with Gasteiger partial charge in [0.1, 0.15) is 0 Å². The Kier molecular flexibility index (Phi) is 5.01. The van der Waals surface area contributed by atoms with Crippen molar-refractivity contribution in [1.29, 1.82) is 0 Å². The van der Waals surface area contributed by atoms with E-state index in [2.05, 4.69) is 58.1 Å². The third-order valence-corrected chi connectivity index (χ3v) is 3.06. The first-order chi connectivity index (χ1) is 7.50. The monoisotopic (exact) mass is 219 g/mol. The number of benzene rings is 1. The molecule has 0 aliphatic rings. The molecule has 0 fully saturated rings. The van der Waals surface area contributed by atoms with Crippen LogP contribution in [0.25, 0.3) is 0 Å². The molecule has 0 heterocycles. The van der Waals surface area contributed by atoms with Crippen LogP contribution in [-0.4, -0.2) is 6.54 Å². The summed E-state index contributed by atoms with van der Waals surface area (Å²) >= 11 is 0. The van der Waals surface area contributed by atoms with Crippen molar-refractivity contribution in [2.24, 2.45) is 5.92 Å². The lowest BCUT2D eigenvalue weighted by molar-refractivity contribution is 0.496. The van der Waals surface area contributed by atoms with Gasteiger partial charge in [-0.3, -0.25) is 0 Å². The second-order valence-corrected chi connectivity index (χ2v) is 5.22. The van der Waals surface area contributed by atoms with Gasteiger partial charge in [0.2, 0.25) is 0 Å². The van der Waals surface area contributed by atoms with E-state index in [0.29, 0.717) is 6.04 Å². The molecule has 0 saturated heterocycles. The molecular weight excluding hydrogens is 194 g/mol. The Morgan fingerprint density at radius 3 is 2.38 bits per heavy atom. The van der Waals surface area contributed by atoms with Crippen molar-refractivity contribution in [3.63, 3.8) is 0 Å². The van der Waals surface area contributed by atoms with Gasteiger partial charge in [-0.15, -0.1) is 0 Å². The van der Waals surface area contributed by atoms with Crippen LogP contribution in [-0.2, 0) is 0 Å². The molecule has 0 radical (unpaired) electrons. The molecule has 1 heteroatoms. The molecule has 1 atom stereocenters. The van der Waals surface area contributed by atoms with Crippen molar-refractivity contribution >= 4 is 0 Å². The van der Waals surface area contributed by atoms with Crippen LogP contribution in [0.4, 0.5) is 0 Å². The van der Waals surface area contributed by atoms with Crippen molar-refractivity contribution in [2.75, 3.05) is 6.54 Å². The maximum atomic E-state index is 3.59. The molecule has 0 spiro atoms. The topological polar surface area (TPSA) is 12.0 Å². The van der Waals surface area contributed by atoms with Gasteiger partial charge in [0.05, 0.1) is 0 Å². The summed E-state index contributed by atoms with van der Waals surface area (Å²) in [6.45, 7) is 12.2. The van der Waals surface area contributed by atoms with E-state index in [1.807, 2.05) is 0 Å². The van der Waals surface area contributed by atoms with Gasteiger partial charge >= 0.3 is 0 Å². The summed E-state index contributed by atoms with van der Waals surface area (Å²) in [5.74, 6) is 0.777. The summed E-state index contributed by atoms with van der Waals surface area (Å²) in [4.78, 5) is 0. The number of aryl methyl sites for hydroxylation is 2. The first-order valence-corrected chi connectivity index (χ1v) is 6.31. The van der Waals surface area contributed by atoms with Gasteiger partial charge in [-0.2, -0.15) is 0 Å². The Labute approximate surface area is 100 Å². The Morgan fingerprint density at radius 1 is 1.12 bits per heavy atom.